The molecule has 4 bridgehead atoms. The normalized spacial score (nSPS) is 28.2. The molecule has 5 heteroatoms. The van der Waals surface area contributed by atoms with Gasteiger partial charge in [-0.05, 0) is 103 Å². The van der Waals surface area contributed by atoms with Crippen LogP contribution < -0.4 is 9.47 Å². The van der Waals surface area contributed by atoms with Crippen LogP contribution in [-0.4, -0.2) is 30.4 Å². The molecule has 6 rings (SSSR count). The molecule has 0 saturated heterocycles. The molecule has 4 fully saturated rings. The lowest BCUT2D eigenvalue weighted by atomic mass is 9.48. The predicted octanol–water partition coefficient (Wildman–Crippen LogP) is 5.64. The number of rotatable bonds is 6. The van der Waals surface area contributed by atoms with E-state index in [1.165, 1.54) is 44.6 Å². The highest BCUT2D eigenvalue weighted by atomic mass is 16.5. The van der Waals surface area contributed by atoms with Gasteiger partial charge in [-0.1, -0.05) is 6.07 Å². The van der Waals surface area contributed by atoms with Crippen molar-refractivity contribution in [1.29, 1.82) is 0 Å². The molecule has 0 unspecified atom stereocenters. The van der Waals surface area contributed by atoms with Gasteiger partial charge in [0.05, 0.1) is 19.8 Å². The lowest BCUT2D eigenvalue weighted by Crippen LogP contribution is -2.48. The molecule has 4 saturated carbocycles. The van der Waals surface area contributed by atoms with Crippen molar-refractivity contribution in [2.45, 2.75) is 43.9 Å². The SMILES string of the molecule is COc1cc(C=CC(=O)O)cc(OC)c1-c1ccc(O)c(C23CC4CC(CC(C4)C2)C3)c1. The van der Waals surface area contributed by atoms with Crippen LogP contribution in [0.2, 0.25) is 0 Å². The molecule has 0 radical (unpaired) electrons. The maximum Gasteiger partial charge on any atom is 0.328 e. The fraction of sp³-hybridized carbons (Fsp3) is 0.444. The number of carboxylic acids is 1. The van der Waals surface area contributed by atoms with Gasteiger partial charge in [-0.15, -0.1) is 0 Å². The Morgan fingerprint density at radius 3 is 2.03 bits per heavy atom. The fourth-order valence-corrected chi connectivity index (χ4v) is 7.04. The van der Waals surface area contributed by atoms with Crippen molar-refractivity contribution < 1.29 is 24.5 Å². The van der Waals surface area contributed by atoms with Gasteiger partial charge in [0.15, 0.2) is 0 Å². The molecule has 4 aliphatic carbocycles. The summed E-state index contributed by atoms with van der Waals surface area (Å²) in [6.45, 7) is 0. The highest BCUT2D eigenvalue weighted by Crippen LogP contribution is 2.62. The largest absolute Gasteiger partial charge is 0.508 e. The van der Waals surface area contributed by atoms with E-state index in [1.807, 2.05) is 18.2 Å². The van der Waals surface area contributed by atoms with Crippen LogP contribution in [-0.2, 0) is 10.2 Å². The number of methoxy groups -OCH3 is 2. The van der Waals surface area contributed by atoms with Gasteiger partial charge in [-0.2, -0.15) is 0 Å². The first-order valence-corrected chi connectivity index (χ1v) is 11.4. The van der Waals surface area contributed by atoms with Gasteiger partial charge in [0.25, 0.3) is 0 Å². The van der Waals surface area contributed by atoms with Crippen LogP contribution in [0.4, 0.5) is 0 Å². The quantitative estimate of drug-likeness (QED) is 0.575. The van der Waals surface area contributed by atoms with Gasteiger partial charge in [0.1, 0.15) is 17.2 Å². The molecule has 0 spiro atoms. The van der Waals surface area contributed by atoms with Crippen molar-refractivity contribution in [3.05, 3.63) is 47.5 Å². The Hall–Kier alpha value is -2.95. The Kier molecular flexibility index (Phi) is 5.15. The Balaban J connectivity index is 1.60. The van der Waals surface area contributed by atoms with Gasteiger partial charge < -0.3 is 19.7 Å². The lowest BCUT2D eigenvalue weighted by molar-refractivity contribution is -0.131. The Labute approximate surface area is 188 Å². The summed E-state index contributed by atoms with van der Waals surface area (Å²) in [5, 5.41) is 19.9. The average molecular weight is 435 g/mol. The van der Waals surface area contributed by atoms with Crippen LogP contribution in [0.25, 0.3) is 17.2 Å². The Morgan fingerprint density at radius 1 is 0.969 bits per heavy atom. The fourth-order valence-electron chi connectivity index (χ4n) is 7.04. The number of benzene rings is 2. The summed E-state index contributed by atoms with van der Waals surface area (Å²) in [7, 11) is 3.20. The van der Waals surface area contributed by atoms with Crippen molar-refractivity contribution in [3.63, 3.8) is 0 Å². The van der Waals surface area contributed by atoms with E-state index in [-0.39, 0.29) is 5.41 Å². The highest BCUT2D eigenvalue weighted by molar-refractivity contribution is 5.87. The minimum Gasteiger partial charge on any atom is -0.508 e. The van der Waals surface area contributed by atoms with Crippen LogP contribution >= 0.6 is 0 Å². The summed E-state index contributed by atoms with van der Waals surface area (Å²) < 4.78 is 11.4. The number of aliphatic carboxylic acids is 1. The summed E-state index contributed by atoms with van der Waals surface area (Å²) in [6, 6.07) is 9.48. The lowest BCUT2D eigenvalue weighted by Gasteiger charge is -2.57. The van der Waals surface area contributed by atoms with Crippen LogP contribution in [0.5, 0.6) is 17.2 Å². The summed E-state index contributed by atoms with van der Waals surface area (Å²) in [5.41, 5.74) is 3.57. The molecule has 0 atom stereocenters. The standard InChI is InChI=1S/C27H30O5/c1-31-23-10-16(3-6-25(29)30)11-24(32-2)26(23)20-4-5-22(28)21(12-20)27-13-17-7-18(14-27)9-19(8-17)15-27/h3-6,10-12,17-19,28H,7-9,13-15H2,1-2H3,(H,29,30). The van der Waals surface area contributed by atoms with Gasteiger partial charge in [0, 0.05) is 11.6 Å². The van der Waals surface area contributed by atoms with Crippen LogP contribution in [0.3, 0.4) is 0 Å². The third-order valence-electron chi connectivity index (χ3n) is 7.84. The number of hydrogen-bond acceptors (Lipinski definition) is 4. The monoisotopic (exact) mass is 434 g/mol. The van der Waals surface area contributed by atoms with Crippen LogP contribution in [0.15, 0.2) is 36.4 Å². The second-order valence-electron chi connectivity index (χ2n) is 9.90. The Morgan fingerprint density at radius 2 is 1.53 bits per heavy atom. The third-order valence-corrected chi connectivity index (χ3v) is 7.84. The third kappa shape index (κ3) is 3.54. The first-order valence-electron chi connectivity index (χ1n) is 11.4. The molecule has 4 aliphatic rings. The van der Waals surface area contributed by atoms with E-state index in [4.69, 9.17) is 14.6 Å². The summed E-state index contributed by atoms with van der Waals surface area (Å²) in [4.78, 5) is 10.9. The molecule has 32 heavy (non-hydrogen) atoms. The number of carbonyl (C=O) groups is 1. The van der Waals surface area contributed by atoms with Crippen molar-refractivity contribution in [2.24, 2.45) is 17.8 Å². The smallest absolute Gasteiger partial charge is 0.328 e. The van der Waals surface area contributed by atoms with Gasteiger partial charge in [-0.3, -0.25) is 0 Å². The number of carboxylic acid groups (broad SMARTS) is 1. The van der Waals surface area contributed by atoms with Crippen molar-refractivity contribution in [2.75, 3.05) is 14.2 Å². The second-order valence-corrected chi connectivity index (χ2v) is 9.90. The van der Waals surface area contributed by atoms with E-state index in [0.717, 1.165) is 40.5 Å². The molecule has 0 amide bonds. The maximum absolute atomic E-state index is 10.9. The van der Waals surface area contributed by atoms with E-state index in [9.17, 15) is 9.90 Å². The van der Waals surface area contributed by atoms with E-state index in [2.05, 4.69) is 6.07 Å². The summed E-state index contributed by atoms with van der Waals surface area (Å²) >= 11 is 0. The molecule has 2 aromatic rings. The molecule has 168 valence electrons. The second kappa shape index (κ2) is 7.88. The molecule has 5 nitrogen and oxygen atoms in total. The highest BCUT2D eigenvalue weighted by Gasteiger charge is 2.52. The number of aromatic hydroxyl groups is 1. The molecule has 2 N–H and O–H groups in total. The minimum atomic E-state index is -1.01. The molecule has 0 aliphatic heterocycles. The van der Waals surface area contributed by atoms with Gasteiger partial charge in [-0.25, -0.2) is 4.79 Å². The number of phenols is 1. The zero-order valence-electron chi connectivity index (χ0n) is 18.6. The van der Waals surface area contributed by atoms with Crippen LogP contribution in [0, 0.1) is 17.8 Å². The van der Waals surface area contributed by atoms with Crippen molar-refractivity contribution in [3.8, 4) is 28.4 Å². The average Bonchev–Trinajstić information content (AvgIpc) is 2.76. The minimum absolute atomic E-state index is 0.0689. The number of hydrogen-bond donors (Lipinski definition) is 2. The van der Waals surface area contributed by atoms with E-state index in [0.29, 0.717) is 22.8 Å². The van der Waals surface area contributed by atoms with Crippen molar-refractivity contribution >= 4 is 12.0 Å². The van der Waals surface area contributed by atoms with Crippen molar-refractivity contribution in [1.82, 2.24) is 0 Å². The summed E-state index contributed by atoms with van der Waals surface area (Å²) in [6.07, 6.45) is 10.2. The van der Waals surface area contributed by atoms with Gasteiger partial charge in [0.2, 0.25) is 0 Å². The number of phenolic OH excluding ortho intramolecular Hbond substituents is 1. The maximum atomic E-state index is 10.9. The first kappa shape index (κ1) is 20.9. The number of ether oxygens (including phenoxy) is 2. The van der Waals surface area contributed by atoms with E-state index >= 15 is 0 Å². The van der Waals surface area contributed by atoms with Gasteiger partial charge >= 0.3 is 5.97 Å². The topological polar surface area (TPSA) is 76.0 Å². The molecule has 0 heterocycles. The summed E-state index contributed by atoms with van der Waals surface area (Å²) in [5.74, 6) is 2.95. The Bertz CT molecular complexity index is 1020. The van der Waals surface area contributed by atoms with E-state index in [1.54, 1.807) is 20.3 Å². The molecule has 2 aromatic carbocycles. The zero-order chi connectivity index (χ0) is 22.5. The molecular formula is C27H30O5. The first-order chi connectivity index (χ1) is 15.4. The van der Waals surface area contributed by atoms with Crippen LogP contribution in [0.1, 0.15) is 49.7 Å². The molecular weight excluding hydrogens is 404 g/mol. The zero-order valence-corrected chi connectivity index (χ0v) is 18.6. The van der Waals surface area contributed by atoms with E-state index < -0.39 is 5.97 Å². The predicted molar refractivity (Wildman–Crippen MR) is 123 cm³/mol. The molecule has 0 aromatic heterocycles.